The summed E-state index contributed by atoms with van der Waals surface area (Å²) in [5.41, 5.74) is 4.33. The molecule has 3 rings (SSSR count). The van der Waals surface area contributed by atoms with Gasteiger partial charge in [-0.25, -0.2) is 0 Å². The highest BCUT2D eigenvalue weighted by Gasteiger charge is 2.33. The average Bonchev–Trinajstić information content (AvgIpc) is 2.81. The standard InChI is InChI=1S/C19H25N3OS/c1-13-17(14(2)21(4)20-13)12-18(23)22-10-11-24-15(3)19(22)16-8-6-5-7-9-16/h5-9,15,19H,10-12H2,1-4H3. The van der Waals surface area contributed by atoms with Crippen LogP contribution in [0, 0.1) is 13.8 Å². The van der Waals surface area contributed by atoms with Gasteiger partial charge in [-0.1, -0.05) is 37.3 Å². The first kappa shape index (κ1) is 17.1. The van der Waals surface area contributed by atoms with Gasteiger partial charge in [-0.2, -0.15) is 16.9 Å². The number of aromatic nitrogens is 2. The van der Waals surface area contributed by atoms with E-state index in [1.165, 1.54) is 5.56 Å². The van der Waals surface area contributed by atoms with Crippen molar-refractivity contribution in [2.45, 2.75) is 38.5 Å². The highest BCUT2D eigenvalue weighted by Crippen LogP contribution is 2.36. The molecule has 1 aliphatic rings. The second-order valence-electron chi connectivity index (χ2n) is 6.47. The molecule has 5 heteroatoms. The largest absolute Gasteiger partial charge is 0.333 e. The smallest absolute Gasteiger partial charge is 0.227 e. The molecule has 4 nitrogen and oxygen atoms in total. The molecule has 0 bridgehead atoms. The molecule has 24 heavy (non-hydrogen) atoms. The van der Waals surface area contributed by atoms with Crippen LogP contribution >= 0.6 is 11.8 Å². The number of carbonyl (C=O) groups excluding carboxylic acids is 1. The Morgan fingerprint density at radius 3 is 2.62 bits per heavy atom. The first-order valence-electron chi connectivity index (χ1n) is 8.44. The van der Waals surface area contributed by atoms with Gasteiger partial charge < -0.3 is 4.90 Å². The Balaban J connectivity index is 1.86. The van der Waals surface area contributed by atoms with E-state index >= 15 is 0 Å². The fourth-order valence-corrected chi connectivity index (χ4v) is 4.69. The molecule has 2 aromatic rings. The Bertz CT molecular complexity index is 726. The summed E-state index contributed by atoms with van der Waals surface area (Å²) in [5, 5.41) is 4.85. The molecule has 0 spiro atoms. The molecule has 2 unspecified atom stereocenters. The number of hydrogen-bond acceptors (Lipinski definition) is 3. The Morgan fingerprint density at radius 2 is 2.00 bits per heavy atom. The van der Waals surface area contributed by atoms with Crippen LogP contribution in [-0.2, 0) is 18.3 Å². The molecule has 0 N–H and O–H groups in total. The summed E-state index contributed by atoms with van der Waals surface area (Å²) >= 11 is 1.95. The third kappa shape index (κ3) is 3.22. The Morgan fingerprint density at radius 1 is 1.29 bits per heavy atom. The van der Waals surface area contributed by atoms with E-state index in [9.17, 15) is 4.79 Å². The maximum absolute atomic E-state index is 13.1. The maximum Gasteiger partial charge on any atom is 0.227 e. The second-order valence-corrected chi connectivity index (χ2v) is 7.95. The highest BCUT2D eigenvalue weighted by atomic mass is 32.2. The monoisotopic (exact) mass is 343 g/mol. The Labute approximate surface area is 148 Å². The van der Waals surface area contributed by atoms with E-state index in [-0.39, 0.29) is 11.9 Å². The first-order chi connectivity index (χ1) is 11.5. The highest BCUT2D eigenvalue weighted by molar-refractivity contribution is 8.00. The second kappa shape index (κ2) is 7.01. The lowest BCUT2D eigenvalue weighted by atomic mass is 10.0. The van der Waals surface area contributed by atoms with Crippen molar-refractivity contribution >= 4 is 17.7 Å². The maximum atomic E-state index is 13.1. The average molecular weight is 343 g/mol. The number of carbonyl (C=O) groups is 1. The minimum atomic E-state index is 0.148. The predicted molar refractivity (Wildman–Crippen MR) is 99.2 cm³/mol. The van der Waals surface area contributed by atoms with Crippen LogP contribution in [0.1, 0.15) is 35.5 Å². The van der Waals surface area contributed by atoms with Gasteiger partial charge in [-0.15, -0.1) is 0 Å². The molecular weight excluding hydrogens is 318 g/mol. The first-order valence-corrected chi connectivity index (χ1v) is 9.49. The van der Waals surface area contributed by atoms with Crippen molar-refractivity contribution < 1.29 is 4.79 Å². The van der Waals surface area contributed by atoms with Crippen molar-refractivity contribution in [1.29, 1.82) is 0 Å². The van der Waals surface area contributed by atoms with Crippen molar-refractivity contribution in [1.82, 2.24) is 14.7 Å². The van der Waals surface area contributed by atoms with Crippen molar-refractivity contribution in [3.63, 3.8) is 0 Å². The van der Waals surface area contributed by atoms with Crippen LogP contribution in [0.15, 0.2) is 30.3 Å². The van der Waals surface area contributed by atoms with Crippen LogP contribution in [-0.4, -0.2) is 38.1 Å². The van der Waals surface area contributed by atoms with Gasteiger partial charge in [0.15, 0.2) is 0 Å². The molecule has 1 aromatic carbocycles. The normalized spacial score (nSPS) is 21.1. The van der Waals surface area contributed by atoms with E-state index in [0.717, 1.165) is 29.2 Å². The van der Waals surface area contributed by atoms with Crippen molar-refractivity contribution in [3.8, 4) is 0 Å². The number of benzene rings is 1. The van der Waals surface area contributed by atoms with Crippen LogP contribution in [0.2, 0.25) is 0 Å². The lowest BCUT2D eigenvalue weighted by Crippen LogP contribution is -2.44. The molecule has 1 aromatic heterocycles. The molecule has 0 radical (unpaired) electrons. The molecule has 1 fully saturated rings. The Kier molecular flexibility index (Phi) is 4.99. The molecule has 2 atom stereocenters. The third-order valence-electron chi connectivity index (χ3n) is 4.94. The molecule has 2 heterocycles. The van der Waals surface area contributed by atoms with Gasteiger partial charge in [0.25, 0.3) is 0 Å². The van der Waals surface area contributed by atoms with Crippen LogP contribution in [0.3, 0.4) is 0 Å². The quantitative estimate of drug-likeness (QED) is 0.858. The summed E-state index contributed by atoms with van der Waals surface area (Å²) in [6.45, 7) is 7.05. The SMILES string of the molecule is Cc1nn(C)c(C)c1CC(=O)N1CCSC(C)C1c1ccccc1. The summed E-state index contributed by atoms with van der Waals surface area (Å²) < 4.78 is 1.86. The van der Waals surface area contributed by atoms with Crippen LogP contribution < -0.4 is 0 Å². The van der Waals surface area contributed by atoms with E-state index in [4.69, 9.17) is 0 Å². The van der Waals surface area contributed by atoms with E-state index in [1.54, 1.807) is 0 Å². The number of amides is 1. The lowest BCUT2D eigenvalue weighted by molar-refractivity contribution is -0.132. The predicted octanol–water partition coefficient (Wildman–Crippen LogP) is 3.28. The van der Waals surface area contributed by atoms with Gasteiger partial charge in [0.1, 0.15) is 0 Å². The molecule has 1 aliphatic heterocycles. The fourth-order valence-electron chi connectivity index (χ4n) is 3.53. The third-order valence-corrected chi connectivity index (χ3v) is 6.14. The fraction of sp³-hybridized carbons (Fsp3) is 0.474. The summed E-state index contributed by atoms with van der Waals surface area (Å²) in [6, 6.07) is 10.5. The zero-order chi connectivity index (χ0) is 17.3. The minimum absolute atomic E-state index is 0.148. The topological polar surface area (TPSA) is 38.1 Å². The zero-order valence-electron chi connectivity index (χ0n) is 14.8. The number of aryl methyl sites for hydroxylation is 2. The van der Waals surface area contributed by atoms with E-state index in [2.05, 4.69) is 41.2 Å². The Hall–Kier alpha value is -1.75. The summed E-state index contributed by atoms with van der Waals surface area (Å²) in [6.07, 6.45) is 0.437. The number of hydrogen-bond donors (Lipinski definition) is 0. The minimum Gasteiger partial charge on any atom is -0.333 e. The van der Waals surface area contributed by atoms with E-state index in [1.807, 2.05) is 43.4 Å². The van der Waals surface area contributed by atoms with E-state index < -0.39 is 0 Å². The zero-order valence-corrected chi connectivity index (χ0v) is 15.6. The van der Waals surface area contributed by atoms with Crippen molar-refractivity contribution in [2.75, 3.05) is 12.3 Å². The molecule has 1 amide bonds. The number of rotatable bonds is 3. The lowest BCUT2D eigenvalue weighted by Gasteiger charge is -2.40. The van der Waals surface area contributed by atoms with Crippen LogP contribution in [0.5, 0.6) is 0 Å². The van der Waals surface area contributed by atoms with Gasteiger partial charge in [-0.05, 0) is 19.4 Å². The molecule has 0 saturated carbocycles. The van der Waals surface area contributed by atoms with Crippen LogP contribution in [0.25, 0.3) is 0 Å². The van der Waals surface area contributed by atoms with Crippen molar-refractivity contribution in [3.05, 3.63) is 52.8 Å². The summed E-state index contributed by atoms with van der Waals surface area (Å²) in [4.78, 5) is 15.2. The van der Waals surface area contributed by atoms with Gasteiger partial charge in [-0.3, -0.25) is 9.48 Å². The van der Waals surface area contributed by atoms with Crippen molar-refractivity contribution in [2.24, 2.45) is 7.05 Å². The van der Waals surface area contributed by atoms with Crippen LogP contribution in [0.4, 0.5) is 0 Å². The van der Waals surface area contributed by atoms with Gasteiger partial charge in [0, 0.05) is 35.9 Å². The molecule has 1 saturated heterocycles. The molecule has 0 aliphatic carbocycles. The number of nitrogens with zero attached hydrogens (tertiary/aromatic N) is 3. The van der Waals surface area contributed by atoms with Gasteiger partial charge >= 0.3 is 0 Å². The van der Waals surface area contributed by atoms with Gasteiger partial charge in [0.2, 0.25) is 5.91 Å². The summed E-state index contributed by atoms with van der Waals surface area (Å²) in [7, 11) is 1.93. The number of thioether (sulfide) groups is 1. The van der Waals surface area contributed by atoms with E-state index in [0.29, 0.717) is 11.7 Å². The summed E-state index contributed by atoms with van der Waals surface area (Å²) in [5.74, 6) is 1.21. The molecular formula is C19H25N3OS. The molecule has 128 valence electrons. The van der Waals surface area contributed by atoms with Gasteiger partial charge in [0.05, 0.1) is 18.2 Å².